The first-order chi connectivity index (χ1) is 9.86. The lowest BCUT2D eigenvalue weighted by Gasteiger charge is -2.38. The minimum atomic E-state index is -0.184. The van der Waals surface area contributed by atoms with Crippen molar-refractivity contribution in [3.63, 3.8) is 0 Å². The Bertz CT molecular complexity index is 508. The molecule has 1 fully saturated rings. The van der Waals surface area contributed by atoms with Crippen LogP contribution in [-0.4, -0.2) is 42.1 Å². The summed E-state index contributed by atoms with van der Waals surface area (Å²) in [7, 11) is 0. The second-order valence-corrected chi connectivity index (χ2v) is 5.95. The van der Waals surface area contributed by atoms with E-state index in [0.717, 1.165) is 24.3 Å². The van der Waals surface area contributed by atoms with E-state index in [9.17, 15) is 4.79 Å². The minimum Gasteiger partial charge on any atom is -0.399 e. The number of hydrogen-bond acceptors (Lipinski definition) is 4. The van der Waals surface area contributed by atoms with Crippen molar-refractivity contribution in [3.05, 3.63) is 23.8 Å². The quantitative estimate of drug-likeness (QED) is 0.836. The Morgan fingerprint density at radius 2 is 2.00 bits per heavy atom. The van der Waals surface area contributed by atoms with Gasteiger partial charge in [-0.3, -0.25) is 9.69 Å². The van der Waals surface area contributed by atoms with Gasteiger partial charge in [-0.2, -0.15) is 0 Å². The molecular formula is C16H25N3O2. The van der Waals surface area contributed by atoms with Crippen LogP contribution in [0.3, 0.4) is 0 Å². The van der Waals surface area contributed by atoms with Gasteiger partial charge in [-0.05, 0) is 51.5 Å². The molecule has 3 atom stereocenters. The molecule has 21 heavy (non-hydrogen) atoms. The normalized spacial score (nSPS) is 24.6. The van der Waals surface area contributed by atoms with Crippen molar-refractivity contribution in [1.82, 2.24) is 4.90 Å². The van der Waals surface area contributed by atoms with Crippen LogP contribution in [0.2, 0.25) is 0 Å². The molecule has 116 valence electrons. The van der Waals surface area contributed by atoms with E-state index in [1.807, 2.05) is 39.8 Å². The number of ether oxygens (including phenoxy) is 1. The van der Waals surface area contributed by atoms with Gasteiger partial charge < -0.3 is 15.8 Å². The average molecular weight is 291 g/mol. The second-order valence-electron chi connectivity index (χ2n) is 5.95. The molecule has 0 aliphatic carbocycles. The molecule has 0 spiro atoms. The number of carbonyl (C=O) groups excluding carboxylic acids is 1. The van der Waals surface area contributed by atoms with Crippen LogP contribution in [0.5, 0.6) is 0 Å². The zero-order chi connectivity index (χ0) is 15.6. The van der Waals surface area contributed by atoms with Crippen molar-refractivity contribution in [3.8, 4) is 0 Å². The summed E-state index contributed by atoms with van der Waals surface area (Å²) in [5.41, 5.74) is 8.22. The lowest BCUT2D eigenvalue weighted by Crippen LogP contribution is -2.52. The number of benzene rings is 1. The fourth-order valence-corrected chi connectivity index (χ4v) is 2.76. The zero-order valence-electron chi connectivity index (χ0n) is 13.2. The molecular weight excluding hydrogens is 266 g/mol. The van der Waals surface area contributed by atoms with Gasteiger partial charge in [-0.1, -0.05) is 0 Å². The van der Waals surface area contributed by atoms with Crippen LogP contribution in [0.1, 0.15) is 26.3 Å². The summed E-state index contributed by atoms with van der Waals surface area (Å²) < 4.78 is 5.71. The SMILES string of the molecule is Cc1cc(N)ccc1NC(=O)C(C)N1C[C@@H](C)O[C@@H](C)C1. The van der Waals surface area contributed by atoms with Crippen LogP contribution in [0.25, 0.3) is 0 Å². The van der Waals surface area contributed by atoms with Crippen molar-refractivity contribution >= 4 is 17.3 Å². The van der Waals surface area contributed by atoms with Crippen LogP contribution < -0.4 is 11.1 Å². The van der Waals surface area contributed by atoms with E-state index >= 15 is 0 Å². The second kappa shape index (κ2) is 6.45. The topological polar surface area (TPSA) is 67.6 Å². The monoisotopic (exact) mass is 291 g/mol. The van der Waals surface area contributed by atoms with Gasteiger partial charge in [0.25, 0.3) is 0 Å². The summed E-state index contributed by atoms with van der Waals surface area (Å²) in [6.45, 7) is 9.51. The van der Waals surface area contributed by atoms with E-state index < -0.39 is 0 Å². The van der Waals surface area contributed by atoms with Gasteiger partial charge in [-0.15, -0.1) is 0 Å². The van der Waals surface area contributed by atoms with Crippen LogP contribution in [0, 0.1) is 6.92 Å². The van der Waals surface area contributed by atoms with Gasteiger partial charge in [0.15, 0.2) is 0 Å². The van der Waals surface area contributed by atoms with Crippen molar-refractivity contribution in [2.45, 2.75) is 45.9 Å². The number of carbonyl (C=O) groups is 1. The molecule has 1 heterocycles. The van der Waals surface area contributed by atoms with E-state index in [1.165, 1.54) is 0 Å². The molecule has 0 saturated carbocycles. The Hall–Kier alpha value is -1.59. The molecule has 1 saturated heterocycles. The Kier molecular flexibility index (Phi) is 4.85. The highest BCUT2D eigenvalue weighted by atomic mass is 16.5. The van der Waals surface area contributed by atoms with Gasteiger partial charge in [0, 0.05) is 24.5 Å². The summed E-state index contributed by atoms with van der Waals surface area (Å²) in [5, 5.41) is 2.99. The summed E-state index contributed by atoms with van der Waals surface area (Å²) in [4.78, 5) is 14.6. The number of hydrogen-bond donors (Lipinski definition) is 2. The van der Waals surface area contributed by atoms with Crippen LogP contribution in [0.4, 0.5) is 11.4 Å². The Balaban J connectivity index is 2.02. The summed E-state index contributed by atoms with van der Waals surface area (Å²) in [6.07, 6.45) is 0.310. The molecule has 1 aliphatic rings. The molecule has 1 aliphatic heterocycles. The maximum atomic E-state index is 12.4. The van der Waals surface area contributed by atoms with Crippen LogP contribution >= 0.6 is 0 Å². The van der Waals surface area contributed by atoms with Gasteiger partial charge in [-0.25, -0.2) is 0 Å². The van der Waals surface area contributed by atoms with Crippen LogP contribution in [-0.2, 0) is 9.53 Å². The number of morpholine rings is 1. The van der Waals surface area contributed by atoms with Crippen molar-refractivity contribution in [1.29, 1.82) is 0 Å². The summed E-state index contributed by atoms with van der Waals surface area (Å²) in [6, 6.07) is 5.32. The molecule has 0 radical (unpaired) electrons. The predicted octanol–water partition coefficient (Wildman–Crippen LogP) is 2.01. The highest BCUT2D eigenvalue weighted by Gasteiger charge is 2.29. The molecule has 5 nitrogen and oxygen atoms in total. The number of amides is 1. The largest absolute Gasteiger partial charge is 0.399 e. The lowest BCUT2D eigenvalue weighted by molar-refractivity contribution is -0.126. The van der Waals surface area contributed by atoms with E-state index in [4.69, 9.17) is 10.5 Å². The Labute approximate surface area is 126 Å². The molecule has 5 heteroatoms. The predicted molar refractivity (Wildman–Crippen MR) is 85.3 cm³/mol. The van der Waals surface area contributed by atoms with E-state index in [0.29, 0.717) is 5.69 Å². The maximum Gasteiger partial charge on any atom is 0.241 e. The van der Waals surface area contributed by atoms with E-state index in [-0.39, 0.29) is 24.2 Å². The smallest absolute Gasteiger partial charge is 0.241 e. The van der Waals surface area contributed by atoms with Gasteiger partial charge in [0.05, 0.1) is 18.2 Å². The third kappa shape index (κ3) is 3.95. The number of nitrogens with zero attached hydrogens (tertiary/aromatic N) is 1. The average Bonchev–Trinajstić information content (AvgIpc) is 2.40. The molecule has 1 amide bonds. The molecule has 1 unspecified atom stereocenters. The molecule has 3 N–H and O–H groups in total. The highest BCUT2D eigenvalue weighted by molar-refractivity contribution is 5.95. The first-order valence-corrected chi connectivity index (χ1v) is 7.43. The van der Waals surface area contributed by atoms with Gasteiger partial charge in [0.1, 0.15) is 0 Å². The fourth-order valence-electron chi connectivity index (χ4n) is 2.76. The zero-order valence-corrected chi connectivity index (χ0v) is 13.2. The van der Waals surface area contributed by atoms with E-state index in [1.54, 1.807) is 6.07 Å². The molecule has 0 bridgehead atoms. The lowest BCUT2D eigenvalue weighted by atomic mass is 10.1. The molecule has 1 aromatic rings. The van der Waals surface area contributed by atoms with Crippen LogP contribution in [0.15, 0.2) is 18.2 Å². The fraction of sp³-hybridized carbons (Fsp3) is 0.562. The Morgan fingerprint density at radius 3 is 2.57 bits per heavy atom. The number of rotatable bonds is 3. The number of nitrogen functional groups attached to an aromatic ring is 1. The van der Waals surface area contributed by atoms with Crippen molar-refractivity contribution < 1.29 is 9.53 Å². The van der Waals surface area contributed by atoms with Crippen molar-refractivity contribution in [2.24, 2.45) is 0 Å². The first-order valence-electron chi connectivity index (χ1n) is 7.43. The third-order valence-corrected chi connectivity index (χ3v) is 3.88. The third-order valence-electron chi connectivity index (χ3n) is 3.88. The summed E-state index contributed by atoms with van der Waals surface area (Å²) in [5.74, 6) is 0.00386. The molecule has 1 aromatic carbocycles. The number of nitrogens with one attached hydrogen (secondary N) is 1. The number of anilines is 2. The van der Waals surface area contributed by atoms with Gasteiger partial charge >= 0.3 is 0 Å². The van der Waals surface area contributed by atoms with E-state index in [2.05, 4.69) is 10.2 Å². The minimum absolute atomic E-state index is 0.00386. The molecule has 0 aromatic heterocycles. The maximum absolute atomic E-state index is 12.4. The van der Waals surface area contributed by atoms with Crippen molar-refractivity contribution in [2.75, 3.05) is 24.1 Å². The Morgan fingerprint density at radius 1 is 1.38 bits per heavy atom. The summed E-state index contributed by atoms with van der Waals surface area (Å²) >= 11 is 0. The van der Waals surface area contributed by atoms with Gasteiger partial charge in [0.2, 0.25) is 5.91 Å². The highest BCUT2D eigenvalue weighted by Crippen LogP contribution is 2.19. The standard InChI is InChI=1S/C16H25N3O2/c1-10-7-14(17)5-6-15(10)18-16(20)13(4)19-8-11(2)21-12(3)9-19/h5-7,11-13H,8-9,17H2,1-4H3,(H,18,20)/t11-,12+,13?. The number of nitrogens with two attached hydrogens (primary N) is 1. The first kappa shape index (κ1) is 15.8. The molecule has 2 rings (SSSR count). The number of aryl methyl sites for hydroxylation is 1.